The molecular weight excluding hydrogens is 204 g/mol. The number of hydrogen-bond acceptors (Lipinski definition) is 3. The van der Waals surface area contributed by atoms with E-state index in [4.69, 9.17) is 0 Å². The molecule has 1 heterocycles. The van der Waals surface area contributed by atoms with Gasteiger partial charge < -0.3 is 5.32 Å². The van der Waals surface area contributed by atoms with Crippen LogP contribution < -0.4 is 5.32 Å². The number of nitrogens with zero attached hydrogens (tertiary/aromatic N) is 1. The molecule has 0 aromatic carbocycles. The quantitative estimate of drug-likeness (QED) is 0.743. The van der Waals surface area contributed by atoms with Gasteiger partial charge in [0.25, 0.3) is 0 Å². The largest absolute Gasteiger partial charge is 0.362 e. The van der Waals surface area contributed by atoms with E-state index in [0.29, 0.717) is 11.5 Å². The van der Waals surface area contributed by atoms with Gasteiger partial charge in [0, 0.05) is 18.3 Å². The molecule has 0 bridgehead atoms. The number of nitrogens with one attached hydrogen (secondary N) is 1. The second-order valence-corrected chi connectivity index (χ2v) is 6.40. The monoisotopic (exact) mass is 226 g/mol. The molecule has 0 aromatic heterocycles. The lowest BCUT2D eigenvalue weighted by Gasteiger charge is -2.39. The molecule has 2 nitrogen and oxygen atoms in total. The molecule has 1 atom stereocenters. The van der Waals surface area contributed by atoms with Crippen molar-refractivity contribution in [2.75, 3.05) is 12.3 Å². The topological polar surface area (TPSA) is 24.4 Å². The highest BCUT2D eigenvalue weighted by molar-refractivity contribution is 8.13. The van der Waals surface area contributed by atoms with Crippen LogP contribution in [-0.2, 0) is 0 Å². The molecule has 0 aromatic rings. The van der Waals surface area contributed by atoms with E-state index in [9.17, 15) is 0 Å². The van der Waals surface area contributed by atoms with Crippen LogP contribution in [-0.4, -0.2) is 23.5 Å². The van der Waals surface area contributed by atoms with Gasteiger partial charge in [0.2, 0.25) is 0 Å². The fourth-order valence-electron chi connectivity index (χ4n) is 2.46. The van der Waals surface area contributed by atoms with Crippen LogP contribution in [0.4, 0.5) is 0 Å². The summed E-state index contributed by atoms with van der Waals surface area (Å²) in [6, 6.07) is 0.635. The van der Waals surface area contributed by atoms with Gasteiger partial charge in [-0.25, -0.2) is 0 Å². The first kappa shape index (κ1) is 11.3. The Balaban J connectivity index is 1.94. The van der Waals surface area contributed by atoms with E-state index in [1.165, 1.54) is 43.0 Å². The molecule has 86 valence electrons. The maximum Gasteiger partial charge on any atom is 0.156 e. The minimum Gasteiger partial charge on any atom is -0.362 e. The lowest BCUT2D eigenvalue weighted by Crippen LogP contribution is -2.46. The van der Waals surface area contributed by atoms with Crippen LogP contribution in [0.15, 0.2) is 4.99 Å². The lowest BCUT2D eigenvalue weighted by molar-refractivity contribution is 0.186. The standard InChI is InChI=1S/C12H22N2S/c1-12(2)7-4-3-6-10(12)14-11-13-8-5-9-15-11/h10H,3-9H2,1-2H3,(H,13,14). The predicted octanol–water partition coefficient (Wildman–Crippen LogP) is 3.04. The second-order valence-electron chi connectivity index (χ2n) is 5.32. The number of hydrogen-bond donors (Lipinski definition) is 1. The Morgan fingerprint density at radius 3 is 2.87 bits per heavy atom. The van der Waals surface area contributed by atoms with E-state index in [0.717, 1.165) is 6.54 Å². The average molecular weight is 226 g/mol. The molecule has 0 radical (unpaired) electrons. The van der Waals surface area contributed by atoms with Crippen LogP contribution in [0.25, 0.3) is 0 Å². The molecule has 1 saturated carbocycles. The van der Waals surface area contributed by atoms with Crippen molar-refractivity contribution in [2.45, 2.75) is 52.0 Å². The van der Waals surface area contributed by atoms with Gasteiger partial charge in [-0.15, -0.1) is 0 Å². The number of aliphatic imine (C=N–C) groups is 1. The Labute approximate surface area is 97.3 Å². The number of thioether (sulfide) groups is 1. The van der Waals surface area contributed by atoms with Crippen molar-refractivity contribution in [1.29, 1.82) is 0 Å². The molecule has 1 N–H and O–H groups in total. The van der Waals surface area contributed by atoms with Crippen LogP contribution in [0.5, 0.6) is 0 Å². The summed E-state index contributed by atoms with van der Waals surface area (Å²) in [6.45, 7) is 5.79. The summed E-state index contributed by atoms with van der Waals surface area (Å²) in [4.78, 5) is 4.56. The highest BCUT2D eigenvalue weighted by Gasteiger charge is 2.32. The van der Waals surface area contributed by atoms with Crippen LogP contribution >= 0.6 is 11.8 Å². The molecule has 0 saturated heterocycles. The first-order valence-corrected chi connectivity index (χ1v) is 7.11. The van der Waals surface area contributed by atoms with Gasteiger partial charge in [-0.05, 0) is 24.7 Å². The smallest absolute Gasteiger partial charge is 0.156 e. The normalized spacial score (nSPS) is 30.8. The van der Waals surface area contributed by atoms with Crippen molar-refractivity contribution in [2.24, 2.45) is 10.4 Å². The van der Waals surface area contributed by atoms with Crippen molar-refractivity contribution >= 4 is 16.9 Å². The fourth-order valence-corrected chi connectivity index (χ4v) is 3.33. The Bertz CT molecular complexity index is 248. The van der Waals surface area contributed by atoms with Gasteiger partial charge in [0.05, 0.1) is 0 Å². The van der Waals surface area contributed by atoms with Gasteiger partial charge >= 0.3 is 0 Å². The minimum absolute atomic E-state index is 0.443. The van der Waals surface area contributed by atoms with Crippen molar-refractivity contribution in [3.8, 4) is 0 Å². The summed E-state index contributed by atoms with van der Waals surface area (Å²) in [6.07, 6.45) is 6.67. The molecule has 1 unspecified atom stereocenters. The molecule has 2 rings (SSSR count). The van der Waals surface area contributed by atoms with Crippen molar-refractivity contribution in [3.05, 3.63) is 0 Å². The summed E-state index contributed by atoms with van der Waals surface area (Å²) < 4.78 is 0. The third-order valence-electron chi connectivity index (χ3n) is 3.60. The molecule has 0 amide bonds. The molecule has 1 aliphatic heterocycles. The first-order chi connectivity index (χ1) is 7.18. The SMILES string of the molecule is CC1(C)CCCCC1NC1=NCCCS1. The molecule has 0 spiro atoms. The third kappa shape index (κ3) is 2.90. The molecule has 1 fully saturated rings. The maximum absolute atomic E-state index is 4.56. The average Bonchev–Trinajstić information content (AvgIpc) is 2.23. The Hall–Kier alpha value is -0.180. The van der Waals surface area contributed by atoms with Crippen molar-refractivity contribution in [1.82, 2.24) is 5.32 Å². The number of rotatable bonds is 1. The third-order valence-corrected chi connectivity index (χ3v) is 4.61. The Morgan fingerprint density at radius 1 is 1.33 bits per heavy atom. The van der Waals surface area contributed by atoms with Crippen molar-refractivity contribution in [3.63, 3.8) is 0 Å². The zero-order valence-electron chi connectivity index (χ0n) is 9.88. The van der Waals surface area contributed by atoms with Crippen LogP contribution in [0, 0.1) is 5.41 Å². The summed E-state index contributed by atoms with van der Waals surface area (Å²) >= 11 is 1.90. The van der Waals surface area contributed by atoms with Gasteiger partial charge in [0.1, 0.15) is 0 Å². The van der Waals surface area contributed by atoms with E-state index >= 15 is 0 Å². The van der Waals surface area contributed by atoms with Crippen LogP contribution in [0.3, 0.4) is 0 Å². The fraction of sp³-hybridized carbons (Fsp3) is 0.917. The molecule has 3 heteroatoms. The lowest BCUT2D eigenvalue weighted by atomic mass is 9.73. The highest BCUT2D eigenvalue weighted by Crippen LogP contribution is 2.35. The van der Waals surface area contributed by atoms with Gasteiger partial charge in [-0.2, -0.15) is 0 Å². The summed E-state index contributed by atoms with van der Waals surface area (Å²) in [5.74, 6) is 1.24. The second kappa shape index (κ2) is 4.77. The van der Waals surface area contributed by atoms with Gasteiger partial charge in [-0.1, -0.05) is 38.5 Å². The van der Waals surface area contributed by atoms with E-state index in [2.05, 4.69) is 24.2 Å². The maximum atomic E-state index is 4.56. The zero-order chi connectivity index (χ0) is 10.7. The highest BCUT2D eigenvalue weighted by atomic mass is 32.2. The Morgan fingerprint density at radius 2 is 2.20 bits per heavy atom. The minimum atomic E-state index is 0.443. The Kier molecular flexibility index (Phi) is 3.60. The van der Waals surface area contributed by atoms with Gasteiger partial charge in [0.15, 0.2) is 5.17 Å². The molecular formula is C12H22N2S. The number of amidine groups is 1. The first-order valence-electron chi connectivity index (χ1n) is 6.12. The van der Waals surface area contributed by atoms with E-state index < -0.39 is 0 Å². The van der Waals surface area contributed by atoms with Crippen LogP contribution in [0.1, 0.15) is 46.0 Å². The van der Waals surface area contributed by atoms with E-state index in [1.54, 1.807) is 0 Å². The van der Waals surface area contributed by atoms with Gasteiger partial charge in [-0.3, -0.25) is 4.99 Å². The van der Waals surface area contributed by atoms with Crippen LogP contribution in [0.2, 0.25) is 0 Å². The van der Waals surface area contributed by atoms with Crippen molar-refractivity contribution < 1.29 is 0 Å². The molecule has 2 aliphatic rings. The zero-order valence-corrected chi connectivity index (χ0v) is 10.7. The summed E-state index contributed by atoms with van der Waals surface area (Å²) in [5, 5.41) is 4.86. The molecule has 15 heavy (non-hydrogen) atoms. The van der Waals surface area contributed by atoms with E-state index in [-0.39, 0.29) is 0 Å². The summed E-state index contributed by atoms with van der Waals surface area (Å²) in [5.41, 5.74) is 0.443. The molecule has 1 aliphatic carbocycles. The predicted molar refractivity (Wildman–Crippen MR) is 68.5 cm³/mol. The van der Waals surface area contributed by atoms with E-state index in [1.807, 2.05) is 11.8 Å². The summed E-state index contributed by atoms with van der Waals surface area (Å²) in [7, 11) is 0.